The van der Waals surface area contributed by atoms with Gasteiger partial charge < -0.3 is 10.6 Å². The summed E-state index contributed by atoms with van der Waals surface area (Å²) in [5.41, 5.74) is 0. The summed E-state index contributed by atoms with van der Waals surface area (Å²) in [7, 11) is 1.79. The first-order valence-corrected chi connectivity index (χ1v) is 7.98. The number of anilines is 2. The minimum absolute atomic E-state index is 0.566. The van der Waals surface area contributed by atoms with Crippen molar-refractivity contribution in [2.24, 2.45) is 0 Å². The van der Waals surface area contributed by atoms with Crippen LogP contribution in [0.4, 0.5) is 11.8 Å². The zero-order chi connectivity index (χ0) is 13.2. The van der Waals surface area contributed by atoms with Crippen molar-refractivity contribution in [2.75, 3.05) is 36.2 Å². The maximum atomic E-state index is 6.02. The Hall–Kier alpha value is -0.680. The fraction of sp³-hybridized carbons (Fsp3) is 0.667. The van der Waals surface area contributed by atoms with Crippen LogP contribution in [0.5, 0.6) is 0 Å². The number of nitrogens with one attached hydrogen (secondary N) is 2. The van der Waals surface area contributed by atoms with E-state index in [2.05, 4.69) is 26.9 Å². The van der Waals surface area contributed by atoms with Crippen molar-refractivity contribution in [1.82, 2.24) is 9.97 Å². The number of halogens is 1. The molecule has 0 aliphatic rings. The van der Waals surface area contributed by atoms with Crippen LogP contribution in [0.1, 0.15) is 25.7 Å². The Morgan fingerprint density at radius 1 is 1.28 bits per heavy atom. The van der Waals surface area contributed by atoms with E-state index in [0.29, 0.717) is 16.8 Å². The maximum absolute atomic E-state index is 6.02. The average molecular weight is 289 g/mol. The van der Waals surface area contributed by atoms with Crippen LogP contribution in [-0.4, -0.2) is 35.6 Å². The van der Waals surface area contributed by atoms with Crippen molar-refractivity contribution in [3.05, 3.63) is 11.2 Å². The lowest BCUT2D eigenvalue weighted by atomic mass is 10.2. The summed E-state index contributed by atoms with van der Waals surface area (Å²) >= 11 is 7.93. The third kappa shape index (κ3) is 5.78. The zero-order valence-corrected chi connectivity index (χ0v) is 12.6. The minimum Gasteiger partial charge on any atom is -0.369 e. The van der Waals surface area contributed by atoms with Gasteiger partial charge in [0.05, 0.1) is 6.20 Å². The van der Waals surface area contributed by atoms with E-state index in [1.807, 2.05) is 11.8 Å². The van der Waals surface area contributed by atoms with Gasteiger partial charge in [0.2, 0.25) is 5.95 Å². The van der Waals surface area contributed by atoms with Crippen LogP contribution in [0.3, 0.4) is 0 Å². The molecular formula is C12H21ClN4S. The molecule has 0 saturated heterocycles. The fourth-order valence-electron chi connectivity index (χ4n) is 1.54. The lowest BCUT2D eigenvalue weighted by molar-refractivity contribution is 0.688. The van der Waals surface area contributed by atoms with Crippen molar-refractivity contribution in [2.45, 2.75) is 25.7 Å². The number of aromatic nitrogens is 2. The summed E-state index contributed by atoms with van der Waals surface area (Å²) in [6, 6.07) is 0. The Morgan fingerprint density at radius 3 is 2.78 bits per heavy atom. The molecule has 0 aliphatic carbocycles. The smallest absolute Gasteiger partial charge is 0.224 e. The van der Waals surface area contributed by atoms with Crippen molar-refractivity contribution in [3.8, 4) is 0 Å². The van der Waals surface area contributed by atoms with Gasteiger partial charge in [-0.3, -0.25) is 0 Å². The number of nitrogens with zero attached hydrogens (tertiary/aromatic N) is 2. The third-order valence-corrected chi connectivity index (χ3v) is 3.51. The molecule has 1 heterocycles. The lowest BCUT2D eigenvalue weighted by Gasteiger charge is -2.08. The van der Waals surface area contributed by atoms with Crippen LogP contribution >= 0.6 is 23.4 Å². The Bertz CT molecular complexity index is 349. The van der Waals surface area contributed by atoms with Crippen LogP contribution in [0, 0.1) is 0 Å². The van der Waals surface area contributed by atoms with Gasteiger partial charge >= 0.3 is 0 Å². The van der Waals surface area contributed by atoms with Gasteiger partial charge in [-0.1, -0.05) is 24.4 Å². The van der Waals surface area contributed by atoms with Gasteiger partial charge in [0.25, 0.3) is 0 Å². The van der Waals surface area contributed by atoms with E-state index < -0.39 is 0 Å². The fourth-order valence-corrected chi connectivity index (χ4v) is 2.19. The molecule has 6 heteroatoms. The summed E-state index contributed by atoms with van der Waals surface area (Å²) in [5.74, 6) is 2.55. The van der Waals surface area contributed by atoms with Gasteiger partial charge in [-0.25, -0.2) is 4.98 Å². The predicted octanol–water partition coefficient (Wildman–Crippen LogP) is 3.51. The Labute approximate surface area is 118 Å². The molecule has 0 bridgehead atoms. The topological polar surface area (TPSA) is 49.8 Å². The van der Waals surface area contributed by atoms with E-state index in [9.17, 15) is 0 Å². The molecule has 0 aliphatic heterocycles. The largest absolute Gasteiger partial charge is 0.369 e. The minimum atomic E-state index is 0.566. The van der Waals surface area contributed by atoms with Gasteiger partial charge in [-0.2, -0.15) is 16.7 Å². The second-order valence-corrected chi connectivity index (χ2v) is 5.37. The molecule has 0 radical (unpaired) electrons. The standard InChI is InChI=1S/C12H21ClN4S/c1-14-12-16-9-10(13)11(17-12)15-7-5-3-4-6-8-18-2/h9H,3-8H2,1-2H3,(H2,14,15,16,17). The Balaban J connectivity index is 2.22. The predicted molar refractivity (Wildman–Crippen MR) is 81.9 cm³/mol. The summed E-state index contributed by atoms with van der Waals surface area (Å²) in [5, 5.41) is 6.71. The molecule has 18 heavy (non-hydrogen) atoms. The van der Waals surface area contributed by atoms with Gasteiger partial charge in [0.1, 0.15) is 10.8 Å². The summed E-state index contributed by atoms with van der Waals surface area (Å²) in [6.07, 6.45) is 8.75. The first-order valence-electron chi connectivity index (χ1n) is 6.21. The summed E-state index contributed by atoms with van der Waals surface area (Å²) < 4.78 is 0. The molecule has 1 aromatic heterocycles. The highest BCUT2D eigenvalue weighted by Crippen LogP contribution is 2.19. The molecule has 2 N–H and O–H groups in total. The Kier molecular flexibility index (Phi) is 7.93. The van der Waals surface area contributed by atoms with E-state index in [4.69, 9.17) is 11.6 Å². The molecule has 0 saturated carbocycles. The second-order valence-electron chi connectivity index (χ2n) is 3.97. The first kappa shape index (κ1) is 15.4. The molecule has 0 aromatic carbocycles. The van der Waals surface area contributed by atoms with E-state index in [1.54, 1.807) is 13.2 Å². The van der Waals surface area contributed by atoms with Crippen molar-refractivity contribution in [3.63, 3.8) is 0 Å². The monoisotopic (exact) mass is 288 g/mol. The summed E-state index contributed by atoms with van der Waals surface area (Å²) in [4.78, 5) is 8.31. The van der Waals surface area contributed by atoms with Crippen molar-refractivity contribution >= 4 is 35.1 Å². The van der Waals surface area contributed by atoms with Crippen molar-refractivity contribution < 1.29 is 0 Å². The van der Waals surface area contributed by atoms with Gasteiger partial charge in [-0.05, 0) is 24.9 Å². The van der Waals surface area contributed by atoms with Crippen molar-refractivity contribution in [1.29, 1.82) is 0 Å². The highest BCUT2D eigenvalue weighted by atomic mass is 35.5. The third-order valence-electron chi connectivity index (χ3n) is 2.54. The SMILES string of the molecule is CNc1ncc(Cl)c(NCCCCCCSC)n1. The number of thioether (sulfide) groups is 1. The van der Waals surface area contributed by atoms with Crippen LogP contribution in [0.25, 0.3) is 0 Å². The van der Waals surface area contributed by atoms with Gasteiger partial charge in [-0.15, -0.1) is 0 Å². The van der Waals surface area contributed by atoms with E-state index in [0.717, 1.165) is 13.0 Å². The Morgan fingerprint density at radius 2 is 2.06 bits per heavy atom. The van der Waals surface area contributed by atoms with E-state index in [-0.39, 0.29) is 0 Å². The molecule has 1 aromatic rings. The maximum Gasteiger partial charge on any atom is 0.224 e. The number of unbranched alkanes of at least 4 members (excludes halogenated alkanes) is 3. The second kappa shape index (κ2) is 9.28. The quantitative estimate of drug-likeness (QED) is 0.681. The molecule has 102 valence electrons. The molecule has 0 spiro atoms. The van der Waals surface area contributed by atoms with E-state index >= 15 is 0 Å². The van der Waals surface area contributed by atoms with Crippen LogP contribution in [0.2, 0.25) is 5.02 Å². The average Bonchev–Trinajstić information content (AvgIpc) is 2.39. The number of hydrogen-bond donors (Lipinski definition) is 2. The highest BCUT2D eigenvalue weighted by molar-refractivity contribution is 7.98. The number of rotatable bonds is 9. The molecule has 0 atom stereocenters. The molecule has 0 fully saturated rings. The van der Waals surface area contributed by atoms with Gasteiger partial charge in [0.15, 0.2) is 0 Å². The zero-order valence-electron chi connectivity index (χ0n) is 11.0. The summed E-state index contributed by atoms with van der Waals surface area (Å²) in [6.45, 7) is 0.902. The van der Waals surface area contributed by atoms with Gasteiger partial charge in [0, 0.05) is 13.6 Å². The molecule has 1 rings (SSSR count). The first-order chi connectivity index (χ1) is 8.77. The van der Waals surface area contributed by atoms with Crippen LogP contribution in [-0.2, 0) is 0 Å². The molecular weight excluding hydrogens is 268 g/mol. The lowest BCUT2D eigenvalue weighted by Crippen LogP contribution is -2.06. The van der Waals surface area contributed by atoms with Crippen LogP contribution < -0.4 is 10.6 Å². The molecule has 0 amide bonds. The molecule has 0 unspecified atom stereocenters. The molecule has 4 nitrogen and oxygen atoms in total. The van der Waals surface area contributed by atoms with E-state index in [1.165, 1.54) is 25.0 Å². The highest BCUT2D eigenvalue weighted by Gasteiger charge is 2.03. The number of hydrogen-bond acceptors (Lipinski definition) is 5. The normalized spacial score (nSPS) is 10.4. The van der Waals surface area contributed by atoms with Crippen LogP contribution in [0.15, 0.2) is 6.20 Å².